The second-order valence-corrected chi connectivity index (χ2v) is 3.59. The number of rotatable bonds is 4. The highest BCUT2D eigenvalue weighted by molar-refractivity contribution is 5.12. The fourth-order valence-corrected chi connectivity index (χ4v) is 1.01. The summed E-state index contributed by atoms with van der Waals surface area (Å²) in [6.07, 6.45) is 2.29. The zero-order valence-corrected chi connectivity index (χ0v) is 8.09. The zero-order valence-electron chi connectivity index (χ0n) is 8.09. The molecule has 0 bridgehead atoms. The summed E-state index contributed by atoms with van der Waals surface area (Å²) in [5.74, 6) is 0.567. The lowest BCUT2D eigenvalue weighted by Crippen LogP contribution is -2.15. The van der Waals surface area contributed by atoms with Crippen LogP contribution in [0.3, 0.4) is 0 Å². The Morgan fingerprint density at radius 2 is 1.75 bits per heavy atom. The maximum atomic E-state index is 8.82. The lowest BCUT2D eigenvalue weighted by molar-refractivity contribution is 0.402. The highest BCUT2D eigenvalue weighted by atomic mass is 14.4. The molecule has 0 radical (unpaired) electrons. The molecular weight excluding hydrogens is 148 g/mol. The minimum Gasteiger partial charge on any atom is -0.197 e. The van der Waals surface area contributed by atoms with Gasteiger partial charge in [0.1, 0.15) is 5.41 Å². The van der Waals surface area contributed by atoms with Crippen molar-refractivity contribution in [2.75, 3.05) is 0 Å². The zero-order chi connectivity index (χ0) is 9.61. The van der Waals surface area contributed by atoms with Crippen LogP contribution in [0.2, 0.25) is 0 Å². The van der Waals surface area contributed by atoms with E-state index in [1.54, 1.807) is 0 Å². The molecule has 0 saturated carbocycles. The van der Waals surface area contributed by atoms with E-state index < -0.39 is 5.41 Å². The van der Waals surface area contributed by atoms with Crippen LogP contribution in [-0.2, 0) is 0 Å². The number of hydrogen-bond donors (Lipinski definition) is 0. The summed E-state index contributed by atoms with van der Waals surface area (Å²) in [6, 6.07) is 4.22. The Bertz CT molecular complexity index is 191. The second-order valence-electron chi connectivity index (χ2n) is 3.59. The fourth-order valence-electron chi connectivity index (χ4n) is 1.01. The fraction of sp³-hybridized carbons (Fsp3) is 0.800. The number of nitriles is 2. The molecule has 0 aliphatic carbocycles. The Kier molecular flexibility index (Phi) is 4.37. The van der Waals surface area contributed by atoms with Crippen molar-refractivity contribution >= 4 is 0 Å². The molecule has 66 valence electrons. The molecule has 0 aromatic rings. The molecule has 0 saturated heterocycles. The summed E-state index contributed by atoms with van der Waals surface area (Å²) in [4.78, 5) is 0. The van der Waals surface area contributed by atoms with Crippen LogP contribution in [0, 0.1) is 34.0 Å². The van der Waals surface area contributed by atoms with Gasteiger partial charge in [-0.1, -0.05) is 20.8 Å². The van der Waals surface area contributed by atoms with Gasteiger partial charge in [0.25, 0.3) is 0 Å². The summed E-state index contributed by atoms with van der Waals surface area (Å²) in [5.41, 5.74) is -0.732. The van der Waals surface area contributed by atoms with Crippen LogP contribution >= 0.6 is 0 Å². The Balaban J connectivity index is 4.18. The normalized spacial score (nSPS) is 10.8. The molecule has 0 amide bonds. The van der Waals surface area contributed by atoms with E-state index >= 15 is 0 Å². The molecule has 0 aliphatic heterocycles. The van der Waals surface area contributed by atoms with Gasteiger partial charge >= 0.3 is 0 Å². The first-order chi connectivity index (χ1) is 5.60. The van der Waals surface area contributed by atoms with E-state index in [4.69, 9.17) is 10.5 Å². The van der Waals surface area contributed by atoms with Gasteiger partial charge < -0.3 is 0 Å². The smallest absolute Gasteiger partial charge is 0.143 e. The van der Waals surface area contributed by atoms with Crippen LogP contribution in [0.15, 0.2) is 0 Å². The molecule has 0 aliphatic rings. The maximum Gasteiger partial charge on any atom is 0.143 e. The quantitative estimate of drug-likeness (QED) is 0.641. The van der Waals surface area contributed by atoms with Crippen molar-refractivity contribution in [3.8, 4) is 12.1 Å². The van der Waals surface area contributed by atoms with Crippen molar-refractivity contribution in [2.45, 2.75) is 40.0 Å². The molecule has 0 atom stereocenters. The van der Waals surface area contributed by atoms with Gasteiger partial charge in [0.2, 0.25) is 0 Å². The van der Waals surface area contributed by atoms with Crippen molar-refractivity contribution in [1.82, 2.24) is 0 Å². The molecule has 2 nitrogen and oxygen atoms in total. The minimum absolute atomic E-state index is 0.567. The molecule has 0 aromatic heterocycles. The third kappa shape index (κ3) is 2.93. The van der Waals surface area contributed by atoms with Crippen LogP contribution < -0.4 is 0 Å². The largest absolute Gasteiger partial charge is 0.197 e. The van der Waals surface area contributed by atoms with E-state index in [0.29, 0.717) is 18.8 Å². The van der Waals surface area contributed by atoms with E-state index in [1.165, 1.54) is 0 Å². The third-order valence-corrected chi connectivity index (χ3v) is 2.18. The summed E-state index contributed by atoms with van der Waals surface area (Å²) >= 11 is 0. The molecule has 0 N–H and O–H groups in total. The molecule has 0 aromatic carbocycles. The first kappa shape index (κ1) is 11.0. The molecule has 0 unspecified atom stereocenters. The lowest BCUT2D eigenvalue weighted by atomic mass is 9.82. The molecule has 2 heteroatoms. The molecule has 0 rings (SSSR count). The summed E-state index contributed by atoms with van der Waals surface area (Å²) in [5, 5.41) is 17.6. The van der Waals surface area contributed by atoms with E-state index in [0.717, 1.165) is 6.42 Å². The van der Waals surface area contributed by atoms with Gasteiger partial charge in [-0.15, -0.1) is 0 Å². The summed E-state index contributed by atoms with van der Waals surface area (Å²) in [7, 11) is 0. The predicted molar refractivity (Wildman–Crippen MR) is 48.0 cm³/mol. The average Bonchev–Trinajstić information content (AvgIpc) is 2.08. The van der Waals surface area contributed by atoms with Crippen molar-refractivity contribution < 1.29 is 0 Å². The molecular formula is C10H16N2. The van der Waals surface area contributed by atoms with Gasteiger partial charge in [0.05, 0.1) is 12.1 Å². The molecule has 12 heavy (non-hydrogen) atoms. The Morgan fingerprint density at radius 1 is 1.25 bits per heavy atom. The Morgan fingerprint density at radius 3 is 2.00 bits per heavy atom. The van der Waals surface area contributed by atoms with Gasteiger partial charge in [-0.2, -0.15) is 10.5 Å². The highest BCUT2D eigenvalue weighted by Gasteiger charge is 2.27. The Hall–Kier alpha value is -1.02. The van der Waals surface area contributed by atoms with Gasteiger partial charge in [-0.3, -0.25) is 0 Å². The summed E-state index contributed by atoms with van der Waals surface area (Å²) < 4.78 is 0. The van der Waals surface area contributed by atoms with E-state index in [9.17, 15) is 0 Å². The maximum absolute atomic E-state index is 8.82. The molecule has 0 spiro atoms. The highest BCUT2D eigenvalue weighted by Crippen LogP contribution is 2.27. The molecule has 0 fully saturated rings. The predicted octanol–water partition coefficient (Wildman–Crippen LogP) is 2.87. The van der Waals surface area contributed by atoms with E-state index in [-0.39, 0.29) is 0 Å². The minimum atomic E-state index is -0.732. The van der Waals surface area contributed by atoms with Crippen molar-refractivity contribution in [3.63, 3.8) is 0 Å². The van der Waals surface area contributed by atoms with Crippen molar-refractivity contribution in [1.29, 1.82) is 10.5 Å². The van der Waals surface area contributed by atoms with Crippen LogP contribution in [-0.4, -0.2) is 0 Å². The Labute approximate surface area is 74.8 Å². The van der Waals surface area contributed by atoms with Crippen molar-refractivity contribution in [3.05, 3.63) is 0 Å². The monoisotopic (exact) mass is 164 g/mol. The second kappa shape index (κ2) is 4.78. The molecule has 0 heterocycles. The van der Waals surface area contributed by atoms with E-state index in [1.807, 2.05) is 6.92 Å². The number of hydrogen-bond acceptors (Lipinski definition) is 2. The first-order valence-electron chi connectivity index (χ1n) is 4.42. The lowest BCUT2D eigenvalue weighted by Gasteiger charge is -2.16. The topological polar surface area (TPSA) is 47.6 Å². The van der Waals surface area contributed by atoms with Gasteiger partial charge in [0.15, 0.2) is 0 Å². The first-order valence-corrected chi connectivity index (χ1v) is 4.42. The van der Waals surface area contributed by atoms with Crippen LogP contribution in [0.1, 0.15) is 40.0 Å². The summed E-state index contributed by atoms with van der Waals surface area (Å²) in [6.45, 7) is 6.11. The van der Waals surface area contributed by atoms with Crippen molar-refractivity contribution in [2.24, 2.45) is 11.3 Å². The number of nitrogens with zero attached hydrogens (tertiary/aromatic N) is 2. The average molecular weight is 164 g/mol. The van der Waals surface area contributed by atoms with E-state index in [2.05, 4.69) is 26.0 Å². The van der Waals surface area contributed by atoms with Gasteiger partial charge in [0, 0.05) is 0 Å². The SMILES string of the molecule is CCC(C#N)(C#N)CCC(C)C. The van der Waals surface area contributed by atoms with Crippen LogP contribution in [0.25, 0.3) is 0 Å². The van der Waals surface area contributed by atoms with Crippen LogP contribution in [0.5, 0.6) is 0 Å². The standard InChI is InChI=1S/C10H16N2/c1-4-10(7-11,8-12)6-5-9(2)3/h9H,4-6H2,1-3H3. The van der Waals surface area contributed by atoms with Gasteiger partial charge in [-0.05, 0) is 25.2 Å². The third-order valence-electron chi connectivity index (χ3n) is 2.18. The van der Waals surface area contributed by atoms with Crippen LogP contribution in [0.4, 0.5) is 0 Å². The van der Waals surface area contributed by atoms with Gasteiger partial charge in [-0.25, -0.2) is 0 Å².